The van der Waals surface area contributed by atoms with Crippen molar-refractivity contribution in [3.8, 4) is 0 Å². The number of H-pyrrole nitrogens is 1. The fourth-order valence-corrected chi connectivity index (χ4v) is 4.69. The number of benzene rings is 1. The Labute approximate surface area is 213 Å². The summed E-state index contributed by atoms with van der Waals surface area (Å²) in [7, 11) is 0. The minimum absolute atomic E-state index is 0.0586. The van der Waals surface area contributed by atoms with E-state index in [1.54, 1.807) is 11.1 Å². The average Bonchev–Trinajstić information content (AvgIpc) is 3.60. The highest BCUT2D eigenvalue weighted by molar-refractivity contribution is 5.88. The lowest BCUT2D eigenvalue weighted by atomic mass is 9.98. The number of halogens is 4. The molecule has 4 aromatic rings. The van der Waals surface area contributed by atoms with Gasteiger partial charge in [0.25, 0.3) is 0 Å². The van der Waals surface area contributed by atoms with Gasteiger partial charge in [-0.3, -0.25) is 4.79 Å². The third-order valence-corrected chi connectivity index (χ3v) is 6.59. The normalized spacial score (nSPS) is 17.9. The van der Waals surface area contributed by atoms with Crippen LogP contribution in [0, 0.1) is 5.82 Å². The predicted octanol–water partition coefficient (Wildman–Crippen LogP) is 1.60. The predicted molar refractivity (Wildman–Crippen MR) is 129 cm³/mol. The standard InChI is InChI=1S/C23H24F4N10O/c24-15-1-2-16(36-6-4-22(29,9-36)21(38)31-5-3-13-7-30-10-32-13)14(17(15)23(25,26)27)8-37-12-35-18-19(28)33-11-34-20(18)37/h1-2,7,10-12H,3-6,8-9,29H2,(H,30,32)(H,31,38)(H2,28,33,34)/t22-/m1/s1. The van der Waals surface area contributed by atoms with Gasteiger partial charge >= 0.3 is 6.18 Å². The van der Waals surface area contributed by atoms with Gasteiger partial charge in [0.15, 0.2) is 11.5 Å². The van der Waals surface area contributed by atoms with Crippen molar-refractivity contribution < 1.29 is 22.4 Å². The number of alkyl halides is 3. The van der Waals surface area contributed by atoms with Crippen LogP contribution < -0.4 is 21.7 Å². The summed E-state index contributed by atoms with van der Waals surface area (Å²) in [6.45, 7) is 0.0240. The number of nitrogens with zero attached hydrogens (tertiary/aromatic N) is 6. The summed E-state index contributed by atoms with van der Waals surface area (Å²) in [5.74, 6) is -1.78. The van der Waals surface area contributed by atoms with Crippen molar-refractivity contribution in [1.82, 2.24) is 34.8 Å². The second-order valence-electron chi connectivity index (χ2n) is 9.12. The maximum atomic E-state index is 14.7. The van der Waals surface area contributed by atoms with Gasteiger partial charge in [-0.15, -0.1) is 0 Å². The first-order chi connectivity index (χ1) is 18.1. The number of nitrogen functional groups attached to an aromatic ring is 1. The van der Waals surface area contributed by atoms with E-state index in [9.17, 15) is 22.4 Å². The van der Waals surface area contributed by atoms with Crippen LogP contribution in [-0.4, -0.2) is 60.6 Å². The Morgan fingerprint density at radius 1 is 1.21 bits per heavy atom. The summed E-state index contributed by atoms with van der Waals surface area (Å²) in [5, 5.41) is 2.77. The van der Waals surface area contributed by atoms with E-state index in [0.29, 0.717) is 13.0 Å². The molecule has 0 radical (unpaired) electrons. The van der Waals surface area contributed by atoms with Crippen LogP contribution in [0.3, 0.4) is 0 Å². The van der Waals surface area contributed by atoms with Crippen LogP contribution >= 0.6 is 0 Å². The quantitative estimate of drug-likeness (QED) is 0.262. The topological polar surface area (TPSA) is 157 Å². The molecular formula is C23H24F4N10O. The van der Waals surface area contributed by atoms with Crippen molar-refractivity contribution in [2.24, 2.45) is 5.73 Å². The van der Waals surface area contributed by atoms with Crippen molar-refractivity contribution in [1.29, 1.82) is 0 Å². The molecular weight excluding hydrogens is 508 g/mol. The number of imidazole rings is 2. The molecule has 5 rings (SSSR count). The highest BCUT2D eigenvalue weighted by Gasteiger charge is 2.44. The summed E-state index contributed by atoms with van der Waals surface area (Å²) in [5.41, 5.74) is 10.4. The van der Waals surface area contributed by atoms with Crippen molar-refractivity contribution in [2.45, 2.75) is 31.1 Å². The van der Waals surface area contributed by atoms with Crippen LogP contribution in [0.4, 0.5) is 29.1 Å². The minimum Gasteiger partial charge on any atom is -0.382 e. The second kappa shape index (κ2) is 9.55. The van der Waals surface area contributed by atoms with E-state index in [4.69, 9.17) is 11.5 Å². The van der Waals surface area contributed by atoms with E-state index in [-0.39, 0.29) is 47.7 Å². The maximum absolute atomic E-state index is 14.7. The first-order valence-electron chi connectivity index (χ1n) is 11.7. The fourth-order valence-electron chi connectivity index (χ4n) is 4.69. The maximum Gasteiger partial charge on any atom is 0.419 e. The number of carbonyl (C=O) groups is 1. The van der Waals surface area contributed by atoms with Crippen molar-refractivity contribution in [3.05, 3.63) is 59.9 Å². The summed E-state index contributed by atoms with van der Waals surface area (Å²) >= 11 is 0. The number of nitrogens with one attached hydrogen (secondary N) is 2. The molecule has 1 saturated heterocycles. The van der Waals surface area contributed by atoms with Crippen LogP contribution in [0.2, 0.25) is 0 Å². The minimum atomic E-state index is -4.98. The summed E-state index contributed by atoms with van der Waals surface area (Å²) in [6.07, 6.45) is 1.37. The molecule has 3 aromatic heterocycles. The summed E-state index contributed by atoms with van der Waals surface area (Å²) in [4.78, 5) is 33.4. The van der Waals surface area contributed by atoms with Gasteiger partial charge in [0, 0.05) is 43.5 Å². The smallest absolute Gasteiger partial charge is 0.382 e. The zero-order chi connectivity index (χ0) is 27.1. The lowest BCUT2D eigenvalue weighted by molar-refractivity contribution is -0.140. The molecule has 0 bridgehead atoms. The van der Waals surface area contributed by atoms with Gasteiger partial charge in [0.1, 0.15) is 23.2 Å². The van der Waals surface area contributed by atoms with E-state index in [2.05, 4.69) is 30.2 Å². The van der Waals surface area contributed by atoms with Crippen molar-refractivity contribution in [3.63, 3.8) is 0 Å². The first-order valence-corrected chi connectivity index (χ1v) is 11.7. The monoisotopic (exact) mass is 532 g/mol. The van der Waals surface area contributed by atoms with E-state index >= 15 is 0 Å². The molecule has 15 heteroatoms. The SMILES string of the molecule is Nc1ncnc2c1ncn2Cc1c(N2CC[C@](N)(C(=O)NCCc3c[nH]cn3)C2)ccc(F)c1C(F)(F)F. The molecule has 11 nitrogen and oxygen atoms in total. The van der Waals surface area contributed by atoms with E-state index in [0.717, 1.165) is 11.8 Å². The van der Waals surface area contributed by atoms with Gasteiger partial charge < -0.3 is 31.2 Å². The number of anilines is 2. The van der Waals surface area contributed by atoms with Gasteiger partial charge in [-0.2, -0.15) is 13.2 Å². The molecule has 0 aliphatic carbocycles. The molecule has 6 N–H and O–H groups in total. The Hall–Kier alpha value is -4.27. The molecule has 4 heterocycles. The molecule has 1 atom stereocenters. The number of rotatable bonds is 7. The Morgan fingerprint density at radius 2 is 2.03 bits per heavy atom. The first kappa shape index (κ1) is 25.4. The Bertz CT molecular complexity index is 1470. The number of amides is 1. The van der Waals surface area contributed by atoms with E-state index < -0.39 is 35.5 Å². The number of fused-ring (bicyclic) bond motifs is 1. The second-order valence-corrected chi connectivity index (χ2v) is 9.12. The van der Waals surface area contributed by atoms with Crippen LogP contribution in [0.1, 0.15) is 23.2 Å². The highest BCUT2D eigenvalue weighted by atomic mass is 19.4. The van der Waals surface area contributed by atoms with Crippen LogP contribution in [-0.2, 0) is 23.9 Å². The molecule has 38 heavy (non-hydrogen) atoms. The molecule has 200 valence electrons. The molecule has 1 aliphatic rings. The van der Waals surface area contributed by atoms with Gasteiger partial charge in [-0.05, 0) is 18.6 Å². The van der Waals surface area contributed by atoms with Crippen LogP contribution in [0.25, 0.3) is 11.2 Å². The number of nitrogens with two attached hydrogens (primary N) is 2. The van der Waals surface area contributed by atoms with Gasteiger partial charge in [0.05, 0.1) is 30.5 Å². The number of hydrogen-bond acceptors (Lipinski definition) is 8. The molecule has 1 aliphatic heterocycles. The molecule has 1 amide bonds. The van der Waals surface area contributed by atoms with Crippen molar-refractivity contribution in [2.75, 3.05) is 30.3 Å². The number of hydrogen-bond donors (Lipinski definition) is 4. The van der Waals surface area contributed by atoms with E-state index in [1.807, 2.05) is 0 Å². The molecule has 0 unspecified atom stereocenters. The van der Waals surface area contributed by atoms with Crippen LogP contribution in [0.15, 0.2) is 37.3 Å². The highest BCUT2D eigenvalue weighted by Crippen LogP contribution is 2.40. The number of aromatic amines is 1. The molecule has 0 spiro atoms. The molecule has 1 aromatic carbocycles. The van der Waals surface area contributed by atoms with Gasteiger partial charge in [-0.25, -0.2) is 24.3 Å². The number of carbonyl (C=O) groups excluding carboxylic acids is 1. The summed E-state index contributed by atoms with van der Waals surface area (Å²) in [6, 6.07) is 2.04. The lowest BCUT2D eigenvalue weighted by Gasteiger charge is -2.27. The van der Waals surface area contributed by atoms with Crippen LogP contribution in [0.5, 0.6) is 0 Å². The molecule has 0 saturated carbocycles. The van der Waals surface area contributed by atoms with E-state index in [1.165, 1.54) is 29.6 Å². The van der Waals surface area contributed by atoms with Gasteiger partial charge in [-0.1, -0.05) is 0 Å². The Balaban J connectivity index is 1.44. The zero-order valence-corrected chi connectivity index (χ0v) is 20.0. The fraction of sp³-hybridized carbons (Fsp3) is 0.348. The van der Waals surface area contributed by atoms with Gasteiger partial charge in [0.2, 0.25) is 5.91 Å². The lowest BCUT2D eigenvalue weighted by Crippen LogP contribution is -2.56. The summed E-state index contributed by atoms with van der Waals surface area (Å²) < 4.78 is 58.3. The third kappa shape index (κ3) is 4.71. The average molecular weight is 533 g/mol. The number of aromatic nitrogens is 6. The third-order valence-electron chi connectivity index (χ3n) is 6.59. The zero-order valence-electron chi connectivity index (χ0n) is 20.0. The Kier molecular flexibility index (Phi) is 6.38. The largest absolute Gasteiger partial charge is 0.419 e. The Morgan fingerprint density at radius 3 is 2.76 bits per heavy atom. The van der Waals surface area contributed by atoms with Crippen molar-refractivity contribution >= 4 is 28.6 Å². The molecule has 1 fully saturated rings.